The van der Waals surface area contributed by atoms with Crippen molar-refractivity contribution in [1.29, 1.82) is 0 Å². The smallest absolute Gasteiger partial charge is 0.320 e. The number of ether oxygens (including phenoxy) is 1. The molecule has 3 aromatic rings. The number of para-hydroxylation sites is 1. The Bertz CT molecular complexity index is 1130. The van der Waals surface area contributed by atoms with Crippen LogP contribution in [0.2, 0.25) is 10.0 Å². The standard InChI is InChI=1S/C27H33Cl2N3O3/c1-3-5-13-31(19-27(34)35-4-2)18-26(33)32(17-20-10-11-23(28)24(29)15-20)14-12-21-16-30-25-9-7-6-8-22(21)25/h6-11,15-16,30H,3-5,12-14,17-19H2,1-2H3. The van der Waals surface area contributed by atoms with Crippen LogP contribution < -0.4 is 0 Å². The quantitative estimate of drug-likeness (QED) is 0.295. The van der Waals surface area contributed by atoms with Gasteiger partial charge in [0.15, 0.2) is 0 Å². The van der Waals surface area contributed by atoms with E-state index in [-0.39, 0.29) is 25.0 Å². The van der Waals surface area contributed by atoms with Crippen molar-refractivity contribution in [3.05, 3.63) is 69.8 Å². The van der Waals surface area contributed by atoms with Gasteiger partial charge in [0.25, 0.3) is 0 Å². The highest BCUT2D eigenvalue weighted by Gasteiger charge is 2.21. The zero-order valence-corrected chi connectivity index (χ0v) is 21.9. The molecular formula is C27H33Cl2N3O3. The number of aromatic amines is 1. The Balaban J connectivity index is 1.77. The van der Waals surface area contributed by atoms with E-state index >= 15 is 0 Å². The number of esters is 1. The number of hydrogen-bond acceptors (Lipinski definition) is 4. The van der Waals surface area contributed by atoms with Crippen molar-refractivity contribution >= 4 is 46.0 Å². The largest absolute Gasteiger partial charge is 0.465 e. The first-order valence-electron chi connectivity index (χ1n) is 12.1. The van der Waals surface area contributed by atoms with Crippen LogP contribution in [0.1, 0.15) is 37.8 Å². The highest BCUT2D eigenvalue weighted by molar-refractivity contribution is 6.42. The summed E-state index contributed by atoms with van der Waals surface area (Å²) in [5.41, 5.74) is 3.13. The molecule has 0 aliphatic carbocycles. The lowest BCUT2D eigenvalue weighted by atomic mass is 10.1. The van der Waals surface area contributed by atoms with Gasteiger partial charge < -0.3 is 14.6 Å². The number of aromatic nitrogens is 1. The lowest BCUT2D eigenvalue weighted by molar-refractivity contribution is -0.145. The molecule has 1 aromatic heterocycles. The summed E-state index contributed by atoms with van der Waals surface area (Å²) in [6, 6.07) is 13.6. The summed E-state index contributed by atoms with van der Waals surface area (Å²) in [5.74, 6) is -0.359. The Labute approximate surface area is 217 Å². The average molecular weight is 518 g/mol. The van der Waals surface area contributed by atoms with Gasteiger partial charge in [-0.25, -0.2) is 0 Å². The number of benzene rings is 2. The molecule has 1 heterocycles. The summed E-state index contributed by atoms with van der Waals surface area (Å²) in [7, 11) is 0. The van der Waals surface area contributed by atoms with Gasteiger partial charge in [-0.2, -0.15) is 0 Å². The van der Waals surface area contributed by atoms with Crippen LogP contribution in [0.5, 0.6) is 0 Å². The number of amides is 1. The number of carbonyl (C=O) groups excluding carboxylic acids is 2. The van der Waals surface area contributed by atoms with E-state index in [1.807, 2.05) is 40.3 Å². The minimum absolute atomic E-state index is 0.0451. The molecule has 0 saturated heterocycles. The number of halogens is 2. The summed E-state index contributed by atoms with van der Waals surface area (Å²) in [6.07, 6.45) is 4.57. The highest BCUT2D eigenvalue weighted by Crippen LogP contribution is 2.24. The summed E-state index contributed by atoms with van der Waals surface area (Å²) in [4.78, 5) is 32.6. The fourth-order valence-corrected chi connectivity index (χ4v) is 4.34. The molecule has 8 heteroatoms. The Morgan fingerprint density at radius 2 is 1.80 bits per heavy atom. The zero-order chi connectivity index (χ0) is 25.2. The number of hydrogen-bond donors (Lipinski definition) is 1. The van der Waals surface area contributed by atoms with Crippen LogP contribution in [0.3, 0.4) is 0 Å². The molecule has 0 radical (unpaired) electrons. The van der Waals surface area contributed by atoms with Crippen LogP contribution in [0.25, 0.3) is 10.9 Å². The van der Waals surface area contributed by atoms with Crippen LogP contribution in [-0.4, -0.2) is 59.4 Å². The molecule has 6 nitrogen and oxygen atoms in total. The third-order valence-electron chi connectivity index (χ3n) is 5.88. The third-order valence-corrected chi connectivity index (χ3v) is 6.62. The van der Waals surface area contributed by atoms with Crippen molar-refractivity contribution in [1.82, 2.24) is 14.8 Å². The second kappa shape index (κ2) is 13.5. The number of carbonyl (C=O) groups is 2. The maximum absolute atomic E-state index is 13.5. The first-order valence-corrected chi connectivity index (χ1v) is 12.8. The fourth-order valence-electron chi connectivity index (χ4n) is 4.02. The van der Waals surface area contributed by atoms with E-state index in [2.05, 4.69) is 18.0 Å². The van der Waals surface area contributed by atoms with Crippen molar-refractivity contribution in [2.45, 2.75) is 39.7 Å². The van der Waals surface area contributed by atoms with Crippen molar-refractivity contribution in [3.8, 4) is 0 Å². The van der Waals surface area contributed by atoms with Gasteiger partial charge in [-0.3, -0.25) is 14.5 Å². The van der Waals surface area contributed by atoms with Crippen LogP contribution >= 0.6 is 23.2 Å². The summed E-state index contributed by atoms with van der Waals surface area (Å²) < 4.78 is 5.12. The molecule has 0 unspecified atom stereocenters. The van der Waals surface area contributed by atoms with Crippen molar-refractivity contribution in [2.75, 3.05) is 32.8 Å². The van der Waals surface area contributed by atoms with E-state index in [0.29, 0.717) is 42.7 Å². The van der Waals surface area contributed by atoms with Crippen LogP contribution in [0.15, 0.2) is 48.7 Å². The molecule has 0 aliphatic rings. The Morgan fingerprint density at radius 1 is 1.00 bits per heavy atom. The normalized spacial score (nSPS) is 11.2. The number of rotatable bonds is 13. The topological polar surface area (TPSA) is 65.6 Å². The second-order valence-electron chi connectivity index (χ2n) is 8.54. The van der Waals surface area contributed by atoms with Gasteiger partial charge in [0.1, 0.15) is 0 Å². The average Bonchev–Trinajstić information content (AvgIpc) is 3.25. The predicted molar refractivity (Wildman–Crippen MR) is 142 cm³/mol. The molecule has 0 fully saturated rings. The molecule has 0 aliphatic heterocycles. The maximum atomic E-state index is 13.5. The number of nitrogens with one attached hydrogen (secondary N) is 1. The minimum atomic E-state index is -0.314. The SMILES string of the molecule is CCCCN(CC(=O)OCC)CC(=O)N(CCc1c[nH]c2ccccc12)Cc1ccc(Cl)c(Cl)c1. The van der Waals surface area contributed by atoms with Gasteiger partial charge in [0, 0.05) is 30.2 Å². The van der Waals surface area contributed by atoms with E-state index in [4.69, 9.17) is 27.9 Å². The van der Waals surface area contributed by atoms with Gasteiger partial charge in [-0.05, 0) is 55.6 Å². The monoisotopic (exact) mass is 517 g/mol. The van der Waals surface area contributed by atoms with Crippen LogP contribution in [0.4, 0.5) is 0 Å². The lowest BCUT2D eigenvalue weighted by Gasteiger charge is -2.27. The molecule has 35 heavy (non-hydrogen) atoms. The second-order valence-corrected chi connectivity index (χ2v) is 9.36. The predicted octanol–water partition coefficient (Wildman–Crippen LogP) is 5.71. The fraction of sp³-hybridized carbons (Fsp3) is 0.407. The molecule has 0 saturated carbocycles. The Kier molecular flexibility index (Phi) is 10.5. The first-order chi connectivity index (χ1) is 16.9. The first kappa shape index (κ1) is 27.1. The number of unbranched alkanes of at least 4 members (excludes halogenated alkanes) is 1. The van der Waals surface area contributed by atoms with Gasteiger partial charge in [-0.1, -0.05) is 60.8 Å². The van der Waals surface area contributed by atoms with E-state index in [0.717, 1.165) is 34.9 Å². The third kappa shape index (κ3) is 7.99. The van der Waals surface area contributed by atoms with Crippen molar-refractivity contribution < 1.29 is 14.3 Å². The van der Waals surface area contributed by atoms with Crippen molar-refractivity contribution in [3.63, 3.8) is 0 Å². The molecule has 188 valence electrons. The Morgan fingerprint density at radius 3 is 2.54 bits per heavy atom. The van der Waals surface area contributed by atoms with Gasteiger partial charge in [-0.15, -0.1) is 0 Å². The minimum Gasteiger partial charge on any atom is -0.465 e. The van der Waals surface area contributed by atoms with Crippen molar-refractivity contribution in [2.24, 2.45) is 0 Å². The molecule has 1 amide bonds. The molecular weight excluding hydrogens is 485 g/mol. The van der Waals surface area contributed by atoms with E-state index in [1.54, 1.807) is 19.1 Å². The highest BCUT2D eigenvalue weighted by atomic mass is 35.5. The molecule has 0 bridgehead atoms. The van der Waals surface area contributed by atoms with Crippen LogP contribution in [-0.2, 0) is 27.3 Å². The van der Waals surface area contributed by atoms with Crippen LogP contribution in [0, 0.1) is 0 Å². The van der Waals surface area contributed by atoms with Gasteiger partial charge >= 0.3 is 5.97 Å². The number of nitrogens with zero attached hydrogens (tertiary/aromatic N) is 2. The lowest BCUT2D eigenvalue weighted by Crippen LogP contribution is -2.43. The number of H-pyrrole nitrogens is 1. The summed E-state index contributed by atoms with van der Waals surface area (Å²) in [6.45, 7) is 6.02. The Hall–Kier alpha value is -2.54. The molecule has 2 aromatic carbocycles. The molecule has 0 spiro atoms. The molecule has 3 rings (SSSR count). The number of fused-ring (bicyclic) bond motifs is 1. The van der Waals surface area contributed by atoms with Gasteiger partial charge in [0.05, 0.1) is 29.7 Å². The van der Waals surface area contributed by atoms with E-state index in [9.17, 15) is 9.59 Å². The summed E-state index contributed by atoms with van der Waals surface area (Å²) in [5, 5.41) is 2.09. The molecule has 1 N–H and O–H groups in total. The van der Waals surface area contributed by atoms with E-state index < -0.39 is 0 Å². The zero-order valence-electron chi connectivity index (χ0n) is 20.4. The van der Waals surface area contributed by atoms with Gasteiger partial charge in [0.2, 0.25) is 5.91 Å². The van der Waals surface area contributed by atoms with E-state index in [1.165, 1.54) is 0 Å². The summed E-state index contributed by atoms with van der Waals surface area (Å²) >= 11 is 12.3. The molecule has 0 atom stereocenters. The maximum Gasteiger partial charge on any atom is 0.320 e.